The van der Waals surface area contributed by atoms with E-state index >= 15 is 0 Å². The summed E-state index contributed by atoms with van der Waals surface area (Å²) >= 11 is 6.73. The summed E-state index contributed by atoms with van der Waals surface area (Å²) in [5.41, 5.74) is 1.26. The van der Waals surface area contributed by atoms with Gasteiger partial charge in [-0.25, -0.2) is 8.42 Å². The zero-order valence-electron chi connectivity index (χ0n) is 14.1. The Balaban J connectivity index is 1.94. The van der Waals surface area contributed by atoms with Gasteiger partial charge in [-0.1, -0.05) is 31.9 Å². The molecule has 0 amide bonds. The molecular formula is C17H19Br2N3O3S. The molecule has 1 saturated heterocycles. The van der Waals surface area contributed by atoms with E-state index in [9.17, 15) is 8.42 Å². The van der Waals surface area contributed by atoms with Gasteiger partial charge in [-0.2, -0.15) is 0 Å². The van der Waals surface area contributed by atoms with Crippen molar-refractivity contribution in [2.45, 2.75) is 4.90 Å². The number of ether oxygens (including phenoxy) is 1. The number of halogens is 2. The third-order valence-corrected chi connectivity index (χ3v) is 6.33. The zero-order chi connectivity index (χ0) is 18.7. The lowest BCUT2D eigenvalue weighted by atomic mass is 10.2. The first kappa shape index (κ1) is 19.5. The zero-order valence-corrected chi connectivity index (χ0v) is 18.1. The summed E-state index contributed by atoms with van der Waals surface area (Å²) in [6.07, 6.45) is 0. The summed E-state index contributed by atoms with van der Waals surface area (Å²) in [4.78, 5) is 2.33. The van der Waals surface area contributed by atoms with Crippen LogP contribution in [0.25, 0.3) is 0 Å². The maximum absolute atomic E-state index is 12.8. The molecule has 3 rings (SSSR count). The fourth-order valence-corrected chi connectivity index (χ4v) is 5.17. The van der Waals surface area contributed by atoms with Crippen LogP contribution < -0.4 is 19.7 Å². The van der Waals surface area contributed by atoms with Crippen LogP contribution in [-0.2, 0) is 10.0 Å². The summed E-state index contributed by atoms with van der Waals surface area (Å²) in [7, 11) is -2.13. The topological polar surface area (TPSA) is 70.7 Å². The molecule has 1 heterocycles. The first-order valence-corrected chi connectivity index (χ1v) is 11.1. The normalized spacial score (nSPS) is 15.0. The predicted octanol–water partition coefficient (Wildman–Crippen LogP) is 3.43. The van der Waals surface area contributed by atoms with Gasteiger partial charge in [0.25, 0.3) is 10.0 Å². The largest absolute Gasteiger partial charge is 0.495 e. The van der Waals surface area contributed by atoms with Gasteiger partial charge in [0.2, 0.25) is 0 Å². The van der Waals surface area contributed by atoms with Crippen LogP contribution in [0.15, 0.2) is 50.2 Å². The van der Waals surface area contributed by atoms with Gasteiger partial charge in [-0.3, -0.25) is 4.72 Å². The van der Waals surface area contributed by atoms with E-state index in [1.165, 1.54) is 0 Å². The van der Waals surface area contributed by atoms with Crippen molar-refractivity contribution in [1.82, 2.24) is 5.32 Å². The lowest BCUT2D eigenvalue weighted by Crippen LogP contribution is -2.43. The molecule has 0 saturated carbocycles. The van der Waals surface area contributed by atoms with Crippen molar-refractivity contribution in [3.8, 4) is 5.75 Å². The van der Waals surface area contributed by atoms with Gasteiger partial charge in [-0.05, 0) is 36.4 Å². The van der Waals surface area contributed by atoms with Gasteiger partial charge in [0, 0.05) is 35.1 Å². The Morgan fingerprint density at radius 3 is 2.35 bits per heavy atom. The lowest BCUT2D eigenvalue weighted by Gasteiger charge is -2.30. The van der Waals surface area contributed by atoms with E-state index in [0.29, 0.717) is 11.4 Å². The van der Waals surface area contributed by atoms with Crippen LogP contribution in [0.1, 0.15) is 0 Å². The summed E-state index contributed by atoms with van der Waals surface area (Å²) in [5.74, 6) is 0.663. The fraction of sp³-hybridized carbons (Fsp3) is 0.294. The third-order valence-electron chi connectivity index (χ3n) is 4.03. The maximum atomic E-state index is 12.8. The van der Waals surface area contributed by atoms with Crippen LogP contribution in [0.4, 0.5) is 11.4 Å². The van der Waals surface area contributed by atoms with Crippen LogP contribution in [0.5, 0.6) is 5.75 Å². The summed E-state index contributed by atoms with van der Waals surface area (Å²) < 4.78 is 35.3. The van der Waals surface area contributed by atoms with Gasteiger partial charge in [-0.15, -0.1) is 0 Å². The second kappa shape index (κ2) is 8.16. The highest BCUT2D eigenvalue weighted by molar-refractivity contribution is 9.11. The Kier molecular flexibility index (Phi) is 6.11. The Labute approximate surface area is 170 Å². The number of nitrogens with one attached hydrogen (secondary N) is 2. The van der Waals surface area contributed by atoms with E-state index in [0.717, 1.165) is 40.8 Å². The van der Waals surface area contributed by atoms with Crippen molar-refractivity contribution in [2.75, 3.05) is 42.9 Å². The highest BCUT2D eigenvalue weighted by atomic mass is 79.9. The number of sulfonamides is 1. The fourth-order valence-electron chi connectivity index (χ4n) is 2.82. The number of benzene rings is 2. The Morgan fingerprint density at radius 2 is 1.73 bits per heavy atom. The quantitative estimate of drug-likeness (QED) is 0.652. The first-order valence-electron chi connectivity index (χ1n) is 8.02. The number of methoxy groups -OCH3 is 1. The van der Waals surface area contributed by atoms with Gasteiger partial charge in [0.1, 0.15) is 5.75 Å². The molecule has 9 heteroatoms. The SMILES string of the molecule is COc1ccc(S(=O)(=O)Nc2cc(Br)cc(Br)c2)cc1N1CCNCC1. The second-order valence-corrected chi connectivity index (χ2v) is 9.35. The number of hydrogen-bond acceptors (Lipinski definition) is 5. The molecule has 0 bridgehead atoms. The van der Waals surface area contributed by atoms with Gasteiger partial charge < -0.3 is 15.0 Å². The van der Waals surface area contributed by atoms with Crippen molar-refractivity contribution in [3.63, 3.8) is 0 Å². The molecule has 2 aromatic rings. The molecule has 1 aliphatic heterocycles. The third kappa shape index (κ3) is 4.51. The van der Waals surface area contributed by atoms with Crippen LogP contribution in [0.2, 0.25) is 0 Å². The maximum Gasteiger partial charge on any atom is 0.261 e. The van der Waals surface area contributed by atoms with Crippen LogP contribution in [0, 0.1) is 0 Å². The van der Waals surface area contributed by atoms with E-state index in [1.807, 2.05) is 6.07 Å². The van der Waals surface area contributed by atoms with Gasteiger partial charge in [0.15, 0.2) is 0 Å². The molecule has 0 aromatic heterocycles. The van der Waals surface area contributed by atoms with Crippen LogP contribution >= 0.6 is 31.9 Å². The summed E-state index contributed by atoms with van der Waals surface area (Å²) in [6.45, 7) is 3.30. The molecule has 6 nitrogen and oxygen atoms in total. The number of hydrogen-bond donors (Lipinski definition) is 2. The number of rotatable bonds is 5. The summed E-state index contributed by atoms with van der Waals surface area (Å²) in [6, 6.07) is 10.2. The van der Waals surface area contributed by atoms with Crippen LogP contribution in [-0.4, -0.2) is 41.7 Å². The molecule has 26 heavy (non-hydrogen) atoms. The molecule has 0 spiro atoms. The van der Waals surface area contributed by atoms with E-state index in [4.69, 9.17) is 4.74 Å². The molecule has 0 aliphatic carbocycles. The lowest BCUT2D eigenvalue weighted by molar-refractivity contribution is 0.412. The van der Waals surface area contributed by atoms with Crippen molar-refractivity contribution >= 4 is 53.3 Å². The standard InChI is InChI=1S/C17H19Br2N3O3S/c1-25-17-3-2-15(11-16(17)22-6-4-20-5-7-22)26(23,24)21-14-9-12(18)8-13(19)10-14/h2-3,8-11,20-21H,4-7H2,1H3. The number of nitrogens with zero attached hydrogens (tertiary/aromatic N) is 1. The summed E-state index contributed by atoms with van der Waals surface area (Å²) in [5, 5.41) is 3.29. The minimum Gasteiger partial charge on any atom is -0.495 e. The Morgan fingerprint density at radius 1 is 1.08 bits per heavy atom. The van der Waals surface area contributed by atoms with Crippen molar-refractivity contribution in [3.05, 3.63) is 45.3 Å². The van der Waals surface area contributed by atoms with E-state index < -0.39 is 10.0 Å². The molecular weight excluding hydrogens is 486 g/mol. The van der Waals surface area contributed by atoms with Crippen LogP contribution in [0.3, 0.4) is 0 Å². The molecule has 140 valence electrons. The molecule has 0 radical (unpaired) electrons. The van der Waals surface area contributed by atoms with E-state index in [1.54, 1.807) is 37.4 Å². The monoisotopic (exact) mass is 503 g/mol. The molecule has 2 aromatic carbocycles. The van der Waals surface area contributed by atoms with E-state index in [-0.39, 0.29) is 4.90 Å². The van der Waals surface area contributed by atoms with Gasteiger partial charge in [0.05, 0.1) is 23.4 Å². The Bertz CT molecular complexity index is 880. The van der Waals surface area contributed by atoms with Crippen molar-refractivity contribution in [1.29, 1.82) is 0 Å². The van der Waals surface area contributed by atoms with Crippen molar-refractivity contribution < 1.29 is 13.2 Å². The van der Waals surface area contributed by atoms with Crippen molar-refractivity contribution in [2.24, 2.45) is 0 Å². The highest BCUT2D eigenvalue weighted by Crippen LogP contribution is 2.32. The number of anilines is 2. The molecule has 1 aliphatic rings. The molecule has 0 atom stereocenters. The molecule has 0 unspecified atom stereocenters. The highest BCUT2D eigenvalue weighted by Gasteiger charge is 2.21. The number of piperazine rings is 1. The molecule has 1 fully saturated rings. The smallest absolute Gasteiger partial charge is 0.261 e. The van der Waals surface area contributed by atoms with Gasteiger partial charge >= 0.3 is 0 Å². The first-order chi connectivity index (χ1) is 12.4. The second-order valence-electron chi connectivity index (χ2n) is 5.83. The average Bonchev–Trinajstić information content (AvgIpc) is 2.60. The average molecular weight is 505 g/mol. The predicted molar refractivity (Wildman–Crippen MR) is 111 cm³/mol. The molecule has 2 N–H and O–H groups in total. The Hall–Kier alpha value is -1.29. The minimum atomic E-state index is -3.72. The van der Waals surface area contributed by atoms with E-state index in [2.05, 4.69) is 46.8 Å². The minimum absolute atomic E-state index is 0.197.